The molecule has 0 aliphatic rings. The van der Waals surface area contributed by atoms with E-state index in [9.17, 15) is 4.39 Å². The van der Waals surface area contributed by atoms with Crippen molar-refractivity contribution in [1.29, 1.82) is 0 Å². The molecule has 0 nitrogen and oxygen atoms in total. The smallest absolute Gasteiger partial charge is 0.108 e. The van der Waals surface area contributed by atoms with Gasteiger partial charge in [-0.15, -0.1) is 0 Å². The molecule has 0 aromatic rings. The predicted octanol–water partition coefficient (Wildman–Crippen LogP) is 5.51. The number of hydrogen-bond donors (Lipinski definition) is 0. The summed E-state index contributed by atoms with van der Waals surface area (Å²) in [6.07, 6.45) is 8.86. The summed E-state index contributed by atoms with van der Waals surface area (Å²) in [5.74, 6) is 0.840. The molecule has 0 heterocycles. The van der Waals surface area contributed by atoms with Crippen LogP contribution >= 0.6 is 0 Å². The number of hydrogen-bond acceptors (Lipinski definition) is 0. The highest BCUT2D eigenvalue weighted by Crippen LogP contribution is 2.26. The zero-order valence-corrected chi connectivity index (χ0v) is 11.1. The second kappa shape index (κ2) is 8.13. The maximum absolute atomic E-state index is 13.6. The standard InChI is InChI=1S/C14H29F/c1-5-9-13(10-6-2)11-8-12-14(4,15)7-3/h13H,5-12H2,1-4H3. The summed E-state index contributed by atoms with van der Waals surface area (Å²) in [6.45, 7) is 8.17. The van der Waals surface area contributed by atoms with Crippen LogP contribution in [0.25, 0.3) is 0 Å². The quantitative estimate of drug-likeness (QED) is 0.476. The van der Waals surface area contributed by atoms with Gasteiger partial charge < -0.3 is 0 Å². The van der Waals surface area contributed by atoms with Crippen molar-refractivity contribution in [2.24, 2.45) is 5.92 Å². The largest absolute Gasteiger partial charge is 0.244 e. The summed E-state index contributed by atoms with van der Waals surface area (Å²) < 4.78 is 13.6. The van der Waals surface area contributed by atoms with Crippen molar-refractivity contribution in [3.05, 3.63) is 0 Å². The van der Waals surface area contributed by atoms with Crippen LogP contribution in [-0.4, -0.2) is 5.67 Å². The molecule has 0 aliphatic heterocycles. The first-order valence-corrected chi connectivity index (χ1v) is 6.74. The van der Waals surface area contributed by atoms with Gasteiger partial charge in [0.2, 0.25) is 0 Å². The molecule has 0 saturated carbocycles. The van der Waals surface area contributed by atoms with Crippen molar-refractivity contribution < 1.29 is 4.39 Å². The van der Waals surface area contributed by atoms with Gasteiger partial charge in [0.05, 0.1) is 0 Å². The Bertz CT molecular complexity index is 134. The summed E-state index contributed by atoms with van der Waals surface area (Å²) in [6, 6.07) is 0. The molecule has 15 heavy (non-hydrogen) atoms. The highest BCUT2D eigenvalue weighted by Gasteiger charge is 2.20. The molecule has 0 bridgehead atoms. The SMILES string of the molecule is CCCC(CCC)CCCC(C)(F)CC. The molecule has 0 rings (SSSR count). The maximum Gasteiger partial charge on any atom is 0.108 e. The van der Waals surface area contributed by atoms with Crippen molar-refractivity contribution in [2.45, 2.75) is 84.7 Å². The van der Waals surface area contributed by atoms with Gasteiger partial charge in [-0.2, -0.15) is 0 Å². The second-order valence-corrected chi connectivity index (χ2v) is 5.10. The molecule has 0 aliphatic carbocycles. The number of halogens is 1. The summed E-state index contributed by atoms with van der Waals surface area (Å²) in [4.78, 5) is 0. The van der Waals surface area contributed by atoms with Crippen LogP contribution in [0.1, 0.15) is 79.1 Å². The van der Waals surface area contributed by atoms with E-state index in [-0.39, 0.29) is 0 Å². The molecule has 92 valence electrons. The van der Waals surface area contributed by atoms with E-state index >= 15 is 0 Å². The average molecular weight is 216 g/mol. The van der Waals surface area contributed by atoms with Gasteiger partial charge in [0.25, 0.3) is 0 Å². The minimum Gasteiger partial charge on any atom is -0.244 e. The van der Waals surface area contributed by atoms with Gasteiger partial charge in [0.15, 0.2) is 0 Å². The third kappa shape index (κ3) is 7.81. The normalized spacial score (nSPS) is 15.6. The third-order valence-electron chi connectivity index (χ3n) is 3.44. The van der Waals surface area contributed by atoms with Gasteiger partial charge in [-0.1, -0.05) is 59.3 Å². The van der Waals surface area contributed by atoms with Crippen LogP contribution in [0.3, 0.4) is 0 Å². The van der Waals surface area contributed by atoms with Gasteiger partial charge in [-0.25, -0.2) is 4.39 Å². The van der Waals surface area contributed by atoms with Gasteiger partial charge in [0, 0.05) is 0 Å². The van der Waals surface area contributed by atoms with Crippen molar-refractivity contribution >= 4 is 0 Å². The lowest BCUT2D eigenvalue weighted by Gasteiger charge is -2.20. The van der Waals surface area contributed by atoms with Crippen molar-refractivity contribution in [1.82, 2.24) is 0 Å². The minimum absolute atomic E-state index is 0.652. The third-order valence-corrected chi connectivity index (χ3v) is 3.44. The summed E-state index contributed by atoms with van der Waals surface area (Å²) in [5, 5.41) is 0. The monoisotopic (exact) mass is 216 g/mol. The van der Waals surface area contributed by atoms with Gasteiger partial charge >= 0.3 is 0 Å². The van der Waals surface area contributed by atoms with E-state index in [0.29, 0.717) is 6.42 Å². The fourth-order valence-electron chi connectivity index (χ4n) is 2.19. The topological polar surface area (TPSA) is 0 Å². The molecule has 0 aromatic carbocycles. The average Bonchev–Trinajstić information content (AvgIpc) is 2.18. The highest BCUT2D eigenvalue weighted by atomic mass is 19.1. The minimum atomic E-state index is -0.928. The Morgan fingerprint density at radius 2 is 1.53 bits per heavy atom. The number of rotatable bonds is 9. The Hall–Kier alpha value is -0.0700. The molecule has 0 radical (unpaired) electrons. The van der Waals surface area contributed by atoms with E-state index in [1.807, 2.05) is 6.92 Å². The van der Waals surface area contributed by atoms with E-state index in [0.717, 1.165) is 18.8 Å². The molecule has 1 unspecified atom stereocenters. The Kier molecular flexibility index (Phi) is 8.09. The molecule has 0 saturated heterocycles. The van der Waals surface area contributed by atoms with Crippen molar-refractivity contribution in [3.8, 4) is 0 Å². The second-order valence-electron chi connectivity index (χ2n) is 5.10. The zero-order chi connectivity index (χ0) is 11.7. The first kappa shape index (κ1) is 14.9. The van der Waals surface area contributed by atoms with Crippen LogP contribution < -0.4 is 0 Å². The van der Waals surface area contributed by atoms with E-state index in [1.54, 1.807) is 6.92 Å². The molecule has 0 N–H and O–H groups in total. The highest BCUT2D eigenvalue weighted by molar-refractivity contribution is 4.71. The van der Waals surface area contributed by atoms with Crippen LogP contribution in [0.5, 0.6) is 0 Å². The number of alkyl halides is 1. The fraction of sp³-hybridized carbons (Fsp3) is 1.00. The van der Waals surface area contributed by atoms with Crippen LogP contribution in [0.15, 0.2) is 0 Å². The van der Waals surface area contributed by atoms with Crippen LogP contribution in [0.4, 0.5) is 4.39 Å². The van der Waals surface area contributed by atoms with E-state index in [4.69, 9.17) is 0 Å². The van der Waals surface area contributed by atoms with Crippen molar-refractivity contribution in [2.75, 3.05) is 0 Å². The molecule has 1 atom stereocenters. The van der Waals surface area contributed by atoms with Crippen molar-refractivity contribution in [3.63, 3.8) is 0 Å². The first-order valence-electron chi connectivity index (χ1n) is 6.74. The van der Waals surface area contributed by atoms with E-state index in [1.165, 1.54) is 32.1 Å². The molecule has 0 aromatic heterocycles. The van der Waals surface area contributed by atoms with Gasteiger partial charge in [0.1, 0.15) is 5.67 Å². The van der Waals surface area contributed by atoms with Crippen LogP contribution in [-0.2, 0) is 0 Å². The summed E-state index contributed by atoms with van der Waals surface area (Å²) >= 11 is 0. The first-order chi connectivity index (χ1) is 7.05. The molecular weight excluding hydrogens is 187 g/mol. The molecule has 1 heteroatoms. The maximum atomic E-state index is 13.6. The lowest BCUT2D eigenvalue weighted by atomic mass is 9.89. The Morgan fingerprint density at radius 3 is 1.93 bits per heavy atom. The fourth-order valence-corrected chi connectivity index (χ4v) is 2.19. The lowest BCUT2D eigenvalue weighted by molar-refractivity contribution is 0.160. The van der Waals surface area contributed by atoms with Crippen LogP contribution in [0.2, 0.25) is 0 Å². The zero-order valence-electron chi connectivity index (χ0n) is 11.1. The predicted molar refractivity (Wildman–Crippen MR) is 67.0 cm³/mol. The Morgan fingerprint density at radius 1 is 1.00 bits per heavy atom. The Balaban J connectivity index is 3.69. The van der Waals surface area contributed by atoms with Crippen LogP contribution in [0, 0.1) is 5.92 Å². The molecular formula is C14H29F. The lowest BCUT2D eigenvalue weighted by Crippen LogP contribution is -2.16. The van der Waals surface area contributed by atoms with Gasteiger partial charge in [-0.3, -0.25) is 0 Å². The molecule has 0 spiro atoms. The molecule has 0 fully saturated rings. The van der Waals surface area contributed by atoms with E-state index in [2.05, 4.69) is 13.8 Å². The summed E-state index contributed by atoms with van der Waals surface area (Å²) in [7, 11) is 0. The van der Waals surface area contributed by atoms with E-state index < -0.39 is 5.67 Å². The summed E-state index contributed by atoms with van der Waals surface area (Å²) in [5.41, 5.74) is -0.928. The van der Waals surface area contributed by atoms with Gasteiger partial charge in [-0.05, 0) is 25.7 Å². The molecule has 0 amide bonds. The Labute approximate surface area is 95.6 Å².